The molecule has 0 radical (unpaired) electrons. The number of rotatable bonds is 3. The van der Waals surface area contributed by atoms with Gasteiger partial charge in [-0.05, 0) is 44.2 Å². The molecule has 1 aromatic heterocycles. The van der Waals surface area contributed by atoms with Gasteiger partial charge in [-0.25, -0.2) is 0 Å². The van der Waals surface area contributed by atoms with Crippen LogP contribution >= 0.6 is 12.2 Å². The van der Waals surface area contributed by atoms with Gasteiger partial charge in [-0.15, -0.1) is 0 Å². The number of anilines is 1. The summed E-state index contributed by atoms with van der Waals surface area (Å²) in [5.41, 5.74) is 7.50. The predicted octanol–water partition coefficient (Wildman–Crippen LogP) is 2.78. The zero-order valence-electron chi connectivity index (χ0n) is 10.7. The molecule has 0 aliphatic rings. The molecule has 4 nitrogen and oxygen atoms in total. The number of nitrogens with two attached hydrogens (primary N) is 1. The second-order valence-electron chi connectivity index (χ2n) is 4.22. The van der Waals surface area contributed by atoms with Crippen LogP contribution in [0.2, 0.25) is 0 Å². The number of carbonyl (C=O) groups is 1. The molecule has 1 heterocycles. The van der Waals surface area contributed by atoms with Crippen LogP contribution in [0.5, 0.6) is 0 Å². The van der Waals surface area contributed by atoms with Crippen molar-refractivity contribution in [1.82, 2.24) is 0 Å². The SMILES string of the molecule is Cc1cc(C(=O)Nc2ccc(C(N)=S)cc2)c(C)o1. The average Bonchev–Trinajstić information content (AvgIpc) is 2.69. The van der Waals surface area contributed by atoms with E-state index < -0.39 is 0 Å². The molecule has 0 unspecified atom stereocenters. The van der Waals surface area contributed by atoms with Gasteiger partial charge in [0.15, 0.2) is 0 Å². The standard InChI is InChI=1S/C14H14N2O2S/c1-8-7-12(9(2)18-8)14(17)16-11-5-3-10(4-6-11)13(15)19/h3-7H,1-2H3,(H2,15,19)(H,16,17). The third-order valence-corrected chi connectivity index (χ3v) is 2.95. The number of thiocarbonyl (C=S) groups is 1. The molecule has 2 rings (SSSR count). The normalized spacial score (nSPS) is 10.2. The van der Waals surface area contributed by atoms with Crippen molar-refractivity contribution < 1.29 is 9.21 Å². The van der Waals surface area contributed by atoms with E-state index in [1.165, 1.54) is 0 Å². The molecule has 98 valence electrons. The first-order valence-corrected chi connectivity index (χ1v) is 6.16. The van der Waals surface area contributed by atoms with Gasteiger partial charge < -0.3 is 15.5 Å². The van der Waals surface area contributed by atoms with Crippen molar-refractivity contribution in [2.75, 3.05) is 5.32 Å². The lowest BCUT2D eigenvalue weighted by Gasteiger charge is -2.05. The quantitative estimate of drug-likeness (QED) is 0.844. The topological polar surface area (TPSA) is 68.3 Å². The Labute approximate surface area is 116 Å². The Kier molecular flexibility index (Phi) is 3.66. The first-order valence-electron chi connectivity index (χ1n) is 5.75. The van der Waals surface area contributed by atoms with Gasteiger partial charge in [-0.1, -0.05) is 12.2 Å². The molecular formula is C14H14N2O2S. The fourth-order valence-electron chi connectivity index (χ4n) is 1.77. The van der Waals surface area contributed by atoms with Crippen LogP contribution in [0.1, 0.15) is 27.4 Å². The van der Waals surface area contributed by atoms with Gasteiger partial charge in [0.2, 0.25) is 0 Å². The van der Waals surface area contributed by atoms with Crippen molar-refractivity contribution in [3.8, 4) is 0 Å². The number of hydrogen-bond acceptors (Lipinski definition) is 3. The van der Waals surface area contributed by atoms with Gasteiger partial charge in [0, 0.05) is 11.3 Å². The van der Waals surface area contributed by atoms with E-state index in [1.807, 2.05) is 0 Å². The molecule has 19 heavy (non-hydrogen) atoms. The van der Waals surface area contributed by atoms with E-state index in [0.29, 0.717) is 27.8 Å². The van der Waals surface area contributed by atoms with Crippen LogP contribution in [0, 0.1) is 13.8 Å². The first kappa shape index (κ1) is 13.3. The van der Waals surface area contributed by atoms with Gasteiger partial charge in [0.05, 0.1) is 5.56 Å². The lowest BCUT2D eigenvalue weighted by molar-refractivity contribution is 0.102. The Hall–Kier alpha value is -2.14. The molecule has 0 bridgehead atoms. The van der Waals surface area contributed by atoms with Crippen LogP contribution in [0.3, 0.4) is 0 Å². The van der Waals surface area contributed by atoms with Crippen LogP contribution in [-0.2, 0) is 0 Å². The molecule has 0 aliphatic heterocycles. The Morgan fingerprint density at radius 3 is 2.37 bits per heavy atom. The van der Waals surface area contributed by atoms with E-state index >= 15 is 0 Å². The van der Waals surface area contributed by atoms with E-state index in [9.17, 15) is 4.79 Å². The lowest BCUT2D eigenvalue weighted by atomic mass is 10.2. The fraction of sp³-hybridized carbons (Fsp3) is 0.143. The van der Waals surface area contributed by atoms with E-state index in [2.05, 4.69) is 5.32 Å². The summed E-state index contributed by atoms with van der Waals surface area (Å²) in [6.45, 7) is 3.57. The minimum atomic E-state index is -0.197. The lowest BCUT2D eigenvalue weighted by Crippen LogP contribution is -2.13. The minimum Gasteiger partial charge on any atom is -0.466 e. The Balaban J connectivity index is 2.15. The molecular weight excluding hydrogens is 260 g/mol. The molecule has 3 N–H and O–H groups in total. The van der Waals surface area contributed by atoms with Crippen molar-refractivity contribution in [1.29, 1.82) is 0 Å². The van der Waals surface area contributed by atoms with E-state index in [4.69, 9.17) is 22.4 Å². The van der Waals surface area contributed by atoms with Gasteiger partial charge >= 0.3 is 0 Å². The number of nitrogens with one attached hydrogen (secondary N) is 1. The van der Waals surface area contributed by atoms with Crippen molar-refractivity contribution in [3.05, 3.63) is 53.0 Å². The molecule has 5 heteroatoms. The third kappa shape index (κ3) is 3.00. The number of aryl methyl sites for hydroxylation is 2. The van der Waals surface area contributed by atoms with E-state index in [0.717, 1.165) is 5.56 Å². The van der Waals surface area contributed by atoms with Gasteiger partial charge in [-0.2, -0.15) is 0 Å². The number of hydrogen-bond donors (Lipinski definition) is 2. The van der Waals surface area contributed by atoms with Crippen molar-refractivity contribution in [2.45, 2.75) is 13.8 Å². The van der Waals surface area contributed by atoms with Crippen LogP contribution in [0.25, 0.3) is 0 Å². The largest absolute Gasteiger partial charge is 0.466 e. The maximum Gasteiger partial charge on any atom is 0.259 e. The van der Waals surface area contributed by atoms with Crippen molar-refractivity contribution >= 4 is 28.8 Å². The summed E-state index contributed by atoms with van der Waals surface area (Å²) in [6, 6.07) is 8.77. The fourth-order valence-corrected chi connectivity index (χ4v) is 1.91. The monoisotopic (exact) mass is 274 g/mol. The highest BCUT2D eigenvalue weighted by Gasteiger charge is 2.13. The molecule has 2 aromatic rings. The van der Waals surface area contributed by atoms with Gasteiger partial charge in [0.25, 0.3) is 5.91 Å². The molecule has 0 spiro atoms. The highest BCUT2D eigenvalue weighted by atomic mass is 32.1. The van der Waals surface area contributed by atoms with Crippen molar-refractivity contribution in [2.24, 2.45) is 5.73 Å². The zero-order valence-corrected chi connectivity index (χ0v) is 11.5. The minimum absolute atomic E-state index is 0.197. The molecule has 0 aliphatic carbocycles. The Bertz CT molecular complexity index is 629. The van der Waals surface area contributed by atoms with E-state index in [1.54, 1.807) is 44.2 Å². The number of benzene rings is 1. The summed E-state index contributed by atoms with van der Waals surface area (Å²) in [7, 11) is 0. The van der Waals surface area contributed by atoms with Crippen molar-refractivity contribution in [3.63, 3.8) is 0 Å². The second-order valence-corrected chi connectivity index (χ2v) is 4.66. The highest BCUT2D eigenvalue weighted by Crippen LogP contribution is 2.16. The maximum atomic E-state index is 12.0. The molecule has 1 aromatic carbocycles. The van der Waals surface area contributed by atoms with Gasteiger partial charge in [0.1, 0.15) is 16.5 Å². The van der Waals surface area contributed by atoms with Crippen LogP contribution in [0.4, 0.5) is 5.69 Å². The molecule has 0 saturated carbocycles. The third-order valence-electron chi connectivity index (χ3n) is 2.71. The zero-order chi connectivity index (χ0) is 14.0. The highest BCUT2D eigenvalue weighted by molar-refractivity contribution is 7.80. The summed E-state index contributed by atoms with van der Waals surface area (Å²) in [6.07, 6.45) is 0. The molecule has 1 amide bonds. The second kappa shape index (κ2) is 5.24. The summed E-state index contributed by atoms with van der Waals surface area (Å²) >= 11 is 4.87. The van der Waals surface area contributed by atoms with Crippen LogP contribution < -0.4 is 11.1 Å². The summed E-state index contributed by atoms with van der Waals surface area (Å²) < 4.78 is 5.33. The maximum absolute atomic E-state index is 12.0. The molecule has 0 saturated heterocycles. The van der Waals surface area contributed by atoms with Gasteiger partial charge in [-0.3, -0.25) is 4.79 Å². The van der Waals surface area contributed by atoms with Crippen LogP contribution in [0.15, 0.2) is 34.7 Å². The summed E-state index contributed by atoms with van der Waals surface area (Å²) in [5.74, 6) is 1.12. The van der Waals surface area contributed by atoms with Crippen LogP contribution in [-0.4, -0.2) is 10.9 Å². The Morgan fingerprint density at radius 2 is 1.89 bits per heavy atom. The Morgan fingerprint density at radius 1 is 1.26 bits per heavy atom. The number of carbonyl (C=O) groups excluding carboxylic acids is 1. The smallest absolute Gasteiger partial charge is 0.259 e. The summed E-state index contributed by atoms with van der Waals surface area (Å²) in [4.78, 5) is 12.4. The molecule has 0 fully saturated rings. The average molecular weight is 274 g/mol. The summed E-state index contributed by atoms with van der Waals surface area (Å²) in [5, 5.41) is 2.80. The number of furan rings is 1. The molecule has 0 atom stereocenters. The van der Waals surface area contributed by atoms with E-state index in [-0.39, 0.29) is 5.91 Å². The number of amides is 1. The first-order chi connectivity index (χ1) is 8.97. The predicted molar refractivity (Wildman–Crippen MR) is 78.5 cm³/mol.